The molecular formula is C18H27NS. The van der Waals surface area contributed by atoms with Crippen LogP contribution in [0.2, 0.25) is 0 Å². The molecule has 4 rings (SSSR count). The van der Waals surface area contributed by atoms with Crippen molar-refractivity contribution in [2.75, 3.05) is 19.6 Å². The van der Waals surface area contributed by atoms with E-state index in [0.29, 0.717) is 5.41 Å². The molecule has 3 aliphatic rings. The van der Waals surface area contributed by atoms with Gasteiger partial charge in [0.2, 0.25) is 0 Å². The zero-order valence-electron chi connectivity index (χ0n) is 12.6. The van der Waals surface area contributed by atoms with Crippen LogP contribution in [0.5, 0.6) is 0 Å². The van der Waals surface area contributed by atoms with Crippen molar-refractivity contribution in [2.45, 2.75) is 63.2 Å². The van der Waals surface area contributed by atoms with E-state index in [9.17, 15) is 0 Å². The van der Waals surface area contributed by atoms with Crippen LogP contribution in [0.15, 0.2) is 11.4 Å². The van der Waals surface area contributed by atoms with E-state index in [4.69, 9.17) is 0 Å². The second-order valence-electron chi connectivity index (χ2n) is 7.38. The summed E-state index contributed by atoms with van der Waals surface area (Å²) in [4.78, 5) is 4.51. The third kappa shape index (κ3) is 2.35. The maximum Gasteiger partial charge on any atom is 0.0103 e. The third-order valence-electron chi connectivity index (χ3n) is 6.05. The number of aryl methyl sites for hydroxylation is 1. The molecule has 0 N–H and O–H groups in total. The minimum Gasteiger partial charge on any atom is -0.302 e. The monoisotopic (exact) mass is 289 g/mol. The first-order valence-electron chi connectivity index (χ1n) is 8.65. The average molecular weight is 289 g/mol. The Labute approximate surface area is 127 Å². The molecule has 1 saturated heterocycles. The van der Waals surface area contributed by atoms with Gasteiger partial charge in [0.25, 0.3) is 0 Å². The Kier molecular flexibility index (Phi) is 3.64. The lowest BCUT2D eigenvalue weighted by Crippen LogP contribution is -2.35. The van der Waals surface area contributed by atoms with E-state index in [2.05, 4.69) is 16.3 Å². The first kappa shape index (κ1) is 13.3. The van der Waals surface area contributed by atoms with E-state index in [0.717, 1.165) is 5.92 Å². The SMILES string of the molecule is c1cc2c(s1)CCCC21CCN(CC2CCCCC2)C1. The highest BCUT2D eigenvalue weighted by atomic mass is 32.1. The highest BCUT2D eigenvalue weighted by molar-refractivity contribution is 7.10. The smallest absolute Gasteiger partial charge is 0.0103 e. The highest BCUT2D eigenvalue weighted by Gasteiger charge is 2.42. The van der Waals surface area contributed by atoms with Crippen molar-refractivity contribution in [1.29, 1.82) is 0 Å². The van der Waals surface area contributed by atoms with Crippen molar-refractivity contribution in [3.8, 4) is 0 Å². The summed E-state index contributed by atoms with van der Waals surface area (Å²) in [5.41, 5.74) is 2.28. The minimum atomic E-state index is 0.544. The van der Waals surface area contributed by atoms with Crippen LogP contribution in [0.25, 0.3) is 0 Å². The van der Waals surface area contributed by atoms with Gasteiger partial charge in [-0.2, -0.15) is 0 Å². The number of hydrogen-bond donors (Lipinski definition) is 0. The Morgan fingerprint density at radius 1 is 1.15 bits per heavy atom. The highest BCUT2D eigenvalue weighted by Crippen LogP contribution is 2.46. The van der Waals surface area contributed by atoms with Crippen molar-refractivity contribution in [3.05, 3.63) is 21.9 Å². The fraction of sp³-hybridized carbons (Fsp3) is 0.778. The van der Waals surface area contributed by atoms with Gasteiger partial charge in [0, 0.05) is 23.4 Å². The van der Waals surface area contributed by atoms with Crippen LogP contribution in [-0.2, 0) is 11.8 Å². The predicted molar refractivity (Wildman–Crippen MR) is 86.6 cm³/mol. The fourth-order valence-corrected chi connectivity index (χ4v) is 6.04. The molecule has 2 heteroatoms. The molecular weight excluding hydrogens is 262 g/mol. The molecule has 2 heterocycles. The van der Waals surface area contributed by atoms with Gasteiger partial charge in [0.15, 0.2) is 0 Å². The molecule has 1 atom stereocenters. The first-order valence-corrected chi connectivity index (χ1v) is 9.53. The zero-order valence-corrected chi connectivity index (χ0v) is 13.4. The Hall–Kier alpha value is -0.340. The quantitative estimate of drug-likeness (QED) is 0.768. The molecule has 20 heavy (non-hydrogen) atoms. The standard InChI is InChI=1S/C18H27NS/c1-2-5-15(6-3-1)13-19-11-10-18(14-19)9-4-7-17-16(18)8-12-20-17/h8,12,15H,1-7,9-11,13-14H2. The van der Waals surface area contributed by atoms with Crippen molar-refractivity contribution >= 4 is 11.3 Å². The molecule has 1 spiro atoms. The maximum atomic E-state index is 2.81. The van der Waals surface area contributed by atoms with Gasteiger partial charge in [-0.05, 0) is 68.0 Å². The number of nitrogens with zero attached hydrogens (tertiary/aromatic N) is 1. The first-order chi connectivity index (χ1) is 9.86. The summed E-state index contributed by atoms with van der Waals surface area (Å²) in [6, 6.07) is 2.45. The van der Waals surface area contributed by atoms with Gasteiger partial charge in [0.1, 0.15) is 0 Å². The Morgan fingerprint density at radius 2 is 2.05 bits per heavy atom. The number of fused-ring (bicyclic) bond motifs is 2. The van der Waals surface area contributed by atoms with Crippen molar-refractivity contribution in [1.82, 2.24) is 4.90 Å². The zero-order chi connectivity index (χ0) is 13.4. The van der Waals surface area contributed by atoms with Gasteiger partial charge in [-0.3, -0.25) is 0 Å². The molecule has 1 aliphatic heterocycles. The van der Waals surface area contributed by atoms with Gasteiger partial charge in [-0.25, -0.2) is 0 Å². The van der Waals surface area contributed by atoms with E-state index in [1.165, 1.54) is 77.4 Å². The number of hydrogen-bond acceptors (Lipinski definition) is 2. The normalized spacial score (nSPS) is 31.8. The molecule has 1 unspecified atom stereocenters. The topological polar surface area (TPSA) is 3.24 Å². The lowest BCUT2D eigenvalue weighted by atomic mass is 9.72. The van der Waals surface area contributed by atoms with Crippen LogP contribution in [0.3, 0.4) is 0 Å². The molecule has 2 aliphatic carbocycles. The number of thiophene rings is 1. The predicted octanol–water partition coefficient (Wildman–Crippen LogP) is 4.61. The molecule has 0 amide bonds. The lowest BCUT2D eigenvalue weighted by molar-refractivity contribution is 0.219. The van der Waals surface area contributed by atoms with Gasteiger partial charge in [-0.1, -0.05) is 19.3 Å². The summed E-state index contributed by atoms with van der Waals surface area (Å²) in [7, 11) is 0. The van der Waals surface area contributed by atoms with Crippen LogP contribution in [0, 0.1) is 5.92 Å². The van der Waals surface area contributed by atoms with Crippen LogP contribution in [-0.4, -0.2) is 24.5 Å². The molecule has 1 aromatic rings. The van der Waals surface area contributed by atoms with Crippen molar-refractivity contribution in [3.63, 3.8) is 0 Å². The van der Waals surface area contributed by atoms with Gasteiger partial charge < -0.3 is 4.90 Å². The maximum absolute atomic E-state index is 2.81. The molecule has 110 valence electrons. The average Bonchev–Trinajstić information content (AvgIpc) is 3.09. The fourth-order valence-electron chi connectivity index (χ4n) is 5.00. The van der Waals surface area contributed by atoms with E-state index < -0.39 is 0 Å². The van der Waals surface area contributed by atoms with Gasteiger partial charge in [0.05, 0.1) is 0 Å². The molecule has 1 nitrogen and oxygen atoms in total. The summed E-state index contributed by atoms with van der Waals surface area (Å²) in [6.07, 6.45) is 13.1. The van der Waals surface area contributed by atoms with Crippen molar-refractivity contribution in [2.24, 2.45) is 5.92 Å². The number of rotatable bonds is 2. The Morgan fingerprint density at radius 3 is 2.95 bits per heavy atom. The summed E-state index contributed by atoms with van der Waals surface area (Å²) in [5.74, 6) is 1.00. The molecule has 1 saturated carbocycles. The van der Waals surface area contributed by atoms with E-state index in [-0.39, 0.29) is 0 Å². The molecule has 0 bridgehead atoms. The summed E-state index contributed by atoms with van der Waals surface area (Å²) in [5, 5.41) is 2.33. The van der Waals surface area contributed by atoms with Crippen LogP contribution in [0.4, 0.5) is 0 Å². The summed E-state index contributed by atoms with van der Waals surface area (Å²) < 4.78 is 0. The largest absolute Gasteiger partial charge is 0.302 e. The van der Waals surface area contributed by atoms with Gasteiger partial charge >= 0.3 is 0 Å². The van der Waals surface area contributed by atoms with Crippen molar-refractivity contribution < 1.29 is 0 Å². The number of likely N-dealkylation sites (tertiary alicyclic amines) is 1. The second-order valence-corrected chi connectivity index (χ2v) is 8.38. The third-order valence-corrected chi connectivity index (χ3v) is 7.03. The van der Waals surface area contributed by atoms with Crippen LogP contribution >= 0.6 is 11.3 Å². The summed E-state index contributed by atoms with van der Waals surface area (Å²) in [6.45, 7) is 4.10. The van der Waals surface area contributed by atoms with E-state index >= 15 is 0 Å². The summed E-state index contributed by atoms with van der Waals surface area (Å²) >= 11 is 2.00. The van der Waals surface area contributed by atoms with E-state index in [1.807, 2.05) is 11.3 Å². The Bertz CT molecular complexity index is 460. The lowest BCUT2D eigenvalue weighted by Gasteiger charge is -2.35. The van der Waals surface area contributed by atoms with E-state index in [1.54, 1.807) is 10.4 Å². The van der Waals surface area contributed by atoms with Crippen LogP contribution < -0.4 is 0 Å². The van der Waals surface area contributed by atoms with Crippen LogP contribution in [0.1, 0.15) is 61.8 Å². The molecule has 0 aromatic carbocycles. The van der Waals surface area contributed by atoms with Gasteiger partial charge in [-0.15, -0.1) is 11.3 Å². The molecule has 2 fully saturated rings. The second kappa shape index (κ2) is 5.46. The molecule has 1 aromatic heterocycles. The minimum absolute atomic E-state index is 0.544. The molecule has 0 radical (unpaired) electrons. The Balaban J connectivity index is 1.45.